The lowest BCUT2D eigenvalue weighted by Crippen LogP contribution is -2.13. The van der Waals surface area contributed by atoms with Crippen LogP contribution >= 0.6 is 0 Å². The van der Waals surface area contributed by atoms with Crippen LogP contribution in [0.5, 0.6) is 0 Å². The molecule has 2 rings (SSSR count). The Morgan fingerprint density at radius 2 is 2.19 bits per heavy atom. The second-order valence-electron chi connectivity index (χ2n) is 4.74. The molecule has 0 spiro atoms. The fraction of sp³-hybridized carbons (Fsp3) is 0.278. The zero-order chi connectivity index (χ0) is 15.7. The lowest BCUT2D eigenvalue weighted by atomic mass is 9.99. The lowest BCUT2D eigenvalue weighted by Gasteiger charge is -2.17. The molecule has 110 valence electrons. The Balaban J connectivity index is 0.000000677. The summed E-state index contributed by atoms with van der Waals surface area (Å²) in [6, 6.07) is 6.09. The predicted molar refractivity (Wildman–Crippen MR) is 91.9 cm³/mol. The van der Waals surface area contributed by atoms with Gasteiger partial charge in [0, 0.05) is 18.1 Å². The van der Waals surface area contributed by atoms with Crippen molar-refractivity contribution in [1.82, 2.24) is 5.01 Å². The number of hydrogen-bond donors (Lipinski definition) is 1. The van der Waals surface area contributed by atoms with Crippen molar-refractivity contribution in [1.29, 1.82) is 0 Å². The van der Waals surface area contributed by atoms with Gasteiger partial charge < -0.3 is 5.73 Å². The van der Waals surface area contributed by atoms with E-state index in [1.54, 1.807) is 13.1 Å². The molecule has 0 saturated carbocycles. The Hall–Kier alpha value is -2.47. The summed E-state index contributed by atoms with van der Waals surface area (Å²) in [5.74, 6) is 2.25. The van der Waals surface area contributed by atoms with E-state index in [9.17, 15) is 0 Å². The van der Waals surface area contributed by atoms with Crippen LogP contribution in [0.1, 0.15) is 25.0 Å². The summed E-state index contributed by atoms with van der Waals surface area (Å²) in [6.45, 7) is 6.52. The molecule has 0 bridgehead atoms. The normalized spacial score (nSPS) is 13.4. The van der Waals surface area contributed by atoms with Gasteiger partial charge in [0.05, 0.1) is 6.54 Å². The first kappa shape index (κ1) is 16.6. The predicted octanol–water partition coefficient (Wildman–Crippen LogP) is 3.52. The second kappa shape index (κ2) is 8.65. The third-order valence-corrected chi connectivity index (χ3v) is 3.03. The van der Waals surface area contributed by atoms with E-state index >= 15 is 0 Å². The highest BCUT2D eigenvalue weighted by Crippen LogP contribution is 2.18. The molecule has 0 saturated heterocycles. The van der Waals surface area contributed by atoms with E-state index in [0.29, 0.717) is 0 Å². The lowest BCUT2D eigenvalue weighted by molar-refractivity contribution is 0.439. The highest BCUT2D eigenvalue weighted by molar-refractivity contribution is 5.53. The molecule has 21 heavy (non-hydrogen) atoms. The minimum atomic E-state index is 0.827. The summed E-state index contributed by atoms with van der Waals surface area (Å²) in [6.07, 6.45) is 13.7. The molecule has 3 nitrogen and oxygen atoms in total. The quantitative estimate of drug-likeness (QED) is 0.523. The van der Waals surface area contributed by atoms with Crippen LogP contribution in [0.25, 0.3) is 0 Å². The van der Waals surface area contributed by atoms with Crippen molar-refractivity contribution in [2.24, 2.45) is 5.10 Å². The van der Waals surface area contributed by atoms with Gasteiger partial charge in [0.1, 0.15) is 0 Å². The summed E-state index contributed by atoms with van der Waals surface area (Å²) in [5, 5.41) is 6.13. The molecule has 1 aliphatic heterocycles. The minimum Gasteiger partial charge on any atom is -0.399 e. The second-order valence-corrected chi connectivity index (χ2v) is 4.74. The summed E-state index contributed by atoms with van der Waals surface area (Å²) >= 11 is 0. The summed E-state index contributed by atoms with van der Waals surface area (Å²) in [4.78, 5) is 0. The summed E-state index contributed by atoms with van der Waals surface area (Å²) in [5.41, 5.74) is 10.5. The largest absolute Gasteiger partial charge is 0.399 e. The van der Waals surface area contributed by atoms with Crippen LogP contribution in [0.2, 0.25) is 0 Å². The first-order valence-electron chi connectivity index (χ1n) is 6.95. The van der Waals surface area contributed by atoms with Crippen LogP contribution in [0.4, 0.5) is 5.69 Å². The highest BCUT2D eigenvalue weighted by atomic mass is 15.4. The maximum atomic E-state index is 5.76. The molecule has 1 aromatic carbocycles. The average Bonchev–Trinajstić information content (AvgIpc) is 2.45. The molecule has 1 aromatic rings. The number of nitrogens with two attached hydrogens (primary N) is 1. The maximum absolute atomic E-state index is 5.76. The number of nitrogen functional groups attached to an aromatic ring is 1. The molecule has 2 N–H and O–H groups in total. The number of allylic oxidation sites excluding steroid dienone is 2. The van der Waals surface area contributed by atoms with Gasteiger partial charge in [-0.05, 0) is 62.1 Å². The topological polar surface area (TPSA) is 41.6 Å². The molecule has 1 aliphatic rings. The van der Waals surface area contributed by atoms with Gasteiger partial charge >= 0.3 is 0 Å². The van der Waals surface area contributed by atoms with Crippen LogP contribution in [0.3, 0.4) is 0 Å². The van der Waals surface area contributed by atoms with Crippen molar-refractivity contribution in [3.05, 3.63) is 53.3 Å². The van der Waals surface area contributed by atoms with Gasteiger partial charge in [0.25, 0.3) is 0 Å². The Bertz CT molecular complexity index is 589. The van der Waals surface area contributed by atoms with Crippen molar-refractivity contribution < 1.29 is 0 Å². The molecule has 3 heteroatoms. The maximum Gasteiger partial charge on any atom is 0.0595 e. The van der Waals surface area contributed by atoms with Crippen molar-refractivity contribution in [2.75, 3.05) is 12.3 Å². The molecule has 0 fully saturated rings. The number of benzene rings is 1. The van der Waals surface area contributed by atoms with E-state index in [-0.39, 0.29) is 0 Å². The number of hydrazone groups is 1. The molecular weight excluding hydrogens is 258 g/mol. The number of anilines is 1. The smallest absolute Gasteiger partial charge is 0.0595 e. The van der Waals surface area contributed by atoms with Crippen LogP contribution in [-0.4, -0.2) is 17.8 Å². The first-order valence-corrected chi connectivity index (χ1v) is 6.95. The van der Waals surface area contributed by atoms with Gasteiger partial charge in [0.15, 0.2) is 0 Å². The van der Waals surface area contributed by atoms with E-state index in [2.05, 4.69) is 42.6 Å². The van der Waals surface area contributed by atoms with Crippen LogP contribution in [-0.2, 0) is 6.42 Å². The van der Waals surface area contributed by atoms with Gasteiger partial charge in [0.2, 0.25) is 0 Å². The Morgan fingerprint density at radius 3 is 2.71 bits per heavy atom. The van der Waals surface area contributed by atoms with Crippen LogP contribution in [0.15, 0.2) is 47.2 Å². The zero-order valence-corrected chi connectivity index (χ0v) is 13.0. The fourth-order valence-corrected chi connectivity index (χ4v) is 2.02. The summed E-state index contributed by atoms with van der Waals surface area (Å²) in [7, 11) is 0. The van der Waals surface area contributed by atoms with Gasteiger partial charge in [-0.15, -0.1) is 12.3 Å². The molecular formula is C18H23N3. The fourth-order valence-electron chi connectivity index (χ4n) is 2.02. The number of terminal acetylenes is 1. The van der Waals surface area contributed by atoms with E-state index in [1.807, 2.05) is 30.3 Å². The van der Waals surface area contributed by atoms with E-state index in [1.165, 1.54) is 16.7 Å². The van der Waals surface area contributed by atoms with Crippen LogP contribution < -0.4 is 5.73 Å². The van der Waals surface area contributed by atoms with Gasteiger partial charge in [-0.1, -0.05) is 12.1 Å². The molecule has 1 heterocycles. The summed E-state index contributed by atoms with van der Waals surface area (Å²) < 4.78 is 0. The SMILES string of the molecule is C#CC.C/C=N\N1C=CC(Cc2ccc(N)cc2C)=CC1. The Kier molecular flexibility index (Phi) is 6.83. The first-order chi connectivity index (χ1) is 10.1. The van der Waals surface area contributed by atoms with Gasteiger partial charge in [-0.3, -0.25) is 5.01 Å². The minimum absolute atomic E-state index is 0.827. The van der Waals surface area contributed by atoms with Gasteiger partial charge in [-0.25, -0.2) is 0 Å². The number of nitrogens with zero attached hydrogens (tertiary/aromatic N) is 2. The molecule has 0 amide bonds. The zero-order valence-electron chi connectivity index (χ0n) is 13.0. The van der Waals surface area contributed by atoms with E-state index < -0.39 is 0 Å². The van der Waals surface area contributed by atoms with Gasteiger partial charge in [-0.2, -0.15) is 5.10 Å². The average molecular weight is 281 g/mol. The van der Waals surface area contributed by atoms with Crippen molar-refractivity contribution >= 4 is 11.9 Å². The molecule has 0 atom stereocenters. The third-order valence-electron chi connectivity index (χ3n) is 3.03. The van der Waals surface area contributed by atoms with Crippen molar-refractivity contribution in [3.8, 4) is 12.3 Å². The standard InChI is InChI=1S/C15H19N3.C3H4/c1-3-17-18-8-6-13(7-9-18)11-14-4-5-15(16)10-12(14)2;1-3-2/h3-8,10H,9,11,16H2,1-2H3;1H,2H3/b17-3-;. The number of hydrogen-bond acceptors (Lipinski definition) is 3. The van der Waals surface area contributed by atoms with Crippen molar-refractivity contribution in [3.63, 3.8) is 0 Å². The highest BCUT2D eigenvalue weighted by Gasteiger charge is 2.05. The van der Waals surface area contributed by atoms with E-state index in [4.69, 9.17) is 5.73 Å². The van der Waals surface area contributed by atoms with E-state index in [0.717, 1.165) is 18.7 Å². The number of rotatable bonds is 3. The number of aryl methyl sites for hydroxylation is 1. The molecule has 0 radical (unpaired) electrons. The van der Waals surface area contributed by atoms with Crippen LogP contribution in [0, 0.1) is 19.3 Å². The van der Waals surface area contributed by atoms with Crippen molar-refractivity contribution in [2.45, 2.75) is 27.2 Å². The molecule has 0 aromatic heterocycles. The molecule has 0 aliphatic carbocycles. The monoisotopic (exact) mass is 281 g/mol. The Morgan fingerprint density at radius 1 is 1.48 bits per heavy atom. The molecule has 0 unspecified atom stereocenters. The Labute approximate surface area is 127 Å². The third kappa shape index (κ3) is 5.58.